The van der Waals surface area contributed by atoms with Crippen molar-refractivity contribution in [3.05, 3.63) is 60.7 Å². The molecule has 1 heteroatoms. The van der Waals surface area contributed by atoms with E-state index in [1.807, 2.05) is 37.3 Å². The maximum atomic E-state index is 9.87. The Morgan fingerprint density at radius 3 is 2.43 bits per heavy atom. The largest absolute Gasteiger partial charge is 0.388 e. The minimum atomic E-state index is -0.546. The van der Waals surface area contributed by atoms with Crippen molar-refractivity contribution in [1.29, 1.82) is 0 Å². The zero-order chi connectivity index (χ0) is 10.6. The average Bonchev–Trinajstić information content (AvgIpc) is 2.27. The van der Waals surface area contributed by atoms with E-state index < -0.39 is 6.10 Å². The van der Waals surface area contributed by atoms with Crippen LogP contribution in [0, 0.1) is 0 Å². The molecule has 0 fully saturated rings. The van der Waals surface area contributed by atoms with Gasteiger partial charge in [-0.25, -0.2) is 0 Å². The molecule has 0 aromatic heterocycles. The number of rotatable bonds is 4. The first kappa shape index (κ1) is 10.7. The third kappa shape index (κ3) is 2.33. The molecule has 0 bridgehead atoms. The molecule has 1 rings (SSSR count). The Kier molecular flexibility index (Phi) is 3.66. The van der Waals surface area contributed by atoms with Gasteiger partial charge in [-0.15, -0.1) is 0 Å². The summed E-state index contributed by atoms with van der Waals surface area (Å²) < 4.78 is 0. The monoisotopic (exact) mass is 188 g/mol. The van der Waals surface area contributed by atoms with Crippen molar-refractivity contribution in [3.8, 4) is 0 Å². The molecule has 0 heterocycles. The first-order valence-electron chi connectivity index (χ1n) is 4.71. The minimum absolute atomic E-state index is 0.0571. The zero-order valence-corrected chi connectivity index (χ0v) is 8.48. The maximum absolute atomic E-state index is 9.87. The van der Waals surface area contributed by atoms with E-state index in [9.17, 15) is 5.11 Å². The summed E-state index contributed by atoms with van der Waals surface area (Å²) in [5, 5.41) is 9.87. The Bertz CT molecular complexity index is 313. The van der Waals surface area contributed by atoms with Crippen molar-refractivity contribution >= 4 is 0 Å². The van der Waals surface area contributed by atoms with Gasteiger partial charge in [0, 0.05) is 5.92 Å². The van der Waals surface area contributed by atoms with Crippen molar-refractivity contribution in [2.24, 2.45) is 0 Å². The molecule has 1 N–H and O–H groups in total. The van der Waals surface area contributed by atoms with Crippen molar-refractivity contribution in [2.45, 2.75) is 18.9 Å². The van der Waals surface area contributed by atoms with Gasteiger partial charge in [0.05, 0.1) is 6.10 Å². The number of aliphatic hydroxyl groups is 1. The van der Waals surface area contributed by atoms with Crippen molar-refractivity contribution in [2.75, 3.05) is 0 Å². The Balaban J connectivity index is 2.80. The van der Waals surface area contributed by atoms with Crippen LogP contribution in [0.2, 0.25) is 0 Å². The third-order valence-electron chi connectivity index (χ3n) is 2.44. The van der Waals surface area contributed by atoms with Gasteiger partial charge in [-0.2, -0.15) is 0 Å². The quantitative estimate of drug-likeness (QED) is 0.720. The van der Waals surface area contributed by atoms with Gasteiger partial charge in [0.15, 0.2) is 0 Å². The van der Waals surface area contributed by atoms with Crippen molar-refractivity contribution < 1.29 is 5.11 Å². The molecule has 0 aliphatic heterocycles. The molecule has 0 aliphatic rings. The highest BCUT2D eigenvalue weighted by Crippen LogP contribution is 2.22. The van der Waals surface area contributed by atoms with E-state index in [1.165, 1.54) is 0 Å². The van der Waals surface area contributed by atoms with Crippen LogP contribution in [0.25, 0.3) is 0 Å². The van der Waals surface area contributed by atoms with E-state index in [0.29, 0.717) is 5.57 Å². The van der Waals surface area contributed by atoms with E-state index in [2.05, 4.69) is 13.2 Å². The lowest BCUT2D eigenvalue weighted by Crippen LogP contribution is -2.16. The highest BCUT2D eigenvalue weighted by molar-refractivity contribution is 5.26. The van der Waals surface area contributed by atoms with Crippen LogP contribution in [-0.4, -0.2) is 11.2 Å². The second-order valence-corrected chi connectivity index (χ2v) is 3.42. The van der Waals surface area contributed by atoms with Gasteiger partial charge >= 0.3 is 0 Å². The van der Waals surface area contributed by atoms with Gasteiger partial charge in [0.2, 0.25) is 0 Å². The van der Waals surface area contributed by atoms with Gasteiger partial charge in [-0.1, -0.05) is 56.5 Å². The fourth-order valence-electron chi connectivity index (χ4n) is 1.38. The van der Waals surface area contributed by atoms with Crippen LogP contribution in [-0.2, 0) is 0 Å². The number of hydrogen-bond acceptors (Lipinski definition) is 1. The number of aliphatic hydroxyl groups excluding tert-OH is 1. The van der Waals surface area contributed by atoms with Crippen LogP contribution >= 0.6 is 0 Å². The zero-order valence-electron chi connectivity index (χ0n) is 8.48. The smallest absolute Gasteiger partial charge is 0.0849 e. The highest BCUT2D eigenvalue weighted by atomic mass is 16.3. The van der Waals surface area contributed by atoms with Crippen molar-refractivity contribution in [1.82, 2.24) is 0 Å². The van der Waals surface area contributed by atoms with Crippen LogP contribution < -0.4 is 0 Å². The van der Waals surface area contributed by atoms with Gasteiger partial charge in [-0.05, 0) is 11.1 Å². The molecule has 1 nitrogen and oxygen atoms in total. The minimum Gasteiger partial charge on any atom is -0.388 e. The Morgan fingerprint density at radius 2 is 1.93 bits per heavy atom. The molecule has 14 heavy (non-hydrogen) atoms. The van der Waals surface area contributed by atoms with Crippen LogP contribution in [0.15, 0.2) is 55.1 Å². The van der Waals surface area contributed by atoms with Crippen molar-refractivity contribution in [3.63, 3.8) is 0 Å². The summed E-state index contributed by atoms with van der Waals surface area (Å²) in [6, 6.07) is 9.91. The number of benzene rings is 1. The summed E-state index contributed by atoms with van der Waals surface area (Å²) in [6.45, 7) is 9.33. The van der Waals surface area contributed by atoms with Gasteiger partial charge < -0.3 is 5.11 Å². The first-order chi connectivity index (χ1) is 6.66. The molecule has 0 saturated heterocycles. The third-order valence-corrected chi connectivity index (χ3v) is 2.44. The van der Waals surface area contributed by atoms with E-state index >= 15 is 0 Å². The highest BCUT2D eigenvalue weighted by Gasteiger charge is 2.16. The molecule has 2 atom stereocenters. The van der Waals surface area contributed by atoms with Crippen LogP contribution in [0.1, 0.15) is 18.4 Å². The van der Waals surface area contributed by atoms with E-state index in [-0.39, 0.29) is 5.92 Å². The van der Waals surface area contributed by atoms with Crippen LogP contribution in [0.5, 0.6) is 0 Å². The Labute approximate surface area is 85.4 Å². The molecule has 1 aromatic carbocycles. The molecular weight excluding hydrogens is 172 g/mol. The molecule has 0 spiro atoms. The predicted octanol–water partition coefficient (Wildman–Crippen LogP) is 2.89. The topological polar surface area (TPSA) is 20.2 Å². The predicted molar refractivity (Wildman–Crippen MR) is 60.2 cm³/mol. The molecule has 74 valence electrons. The summed E-state index contributed by atoms with van der Waals surface area (Å²) >= 11 is 0. The van der Waals surface area contributed by atoms with E-state index in [0.717, 1.165) is 5.56 Å². The number of hydrogen-bond donors (Lipinski definition) is 1. The summed E-state index contributed by atoms with van der Waals surface area (Å²) in [5.41, 5.74) is 1.78. The summed E-state index contributed by atoms with van der Waals surface area (Å²) in [7, 11) is 0. The molecule has 0 unspecified atom stereocenters. The normalized spacial score (nSPS) is 14.4. The van der Waals surface area contributed by atoms with Crippen LogP contribution in [0.4, 0.5) is 0 Å². The van der Waals surface area contributed by atoms with Crippen LogP contribution in [0.3, 0.4) is 0 Å². The van der Waals surface area contributed by atoms with Gasteiger partial charge in [-0.3, -0.25) is 0 Å². The van der Waals surface area contributed by atoms with E-state index in [1.54, 1.807) is 6.08 Å². The first-order valence-corrected chi connectivity index (χ1v) is 4.71. The molecule has 0 saturated carbocycles. The lowest BCUT2D eigenvalue weighted by Gasteiger charge is -2.19. The average molecular weight is 188 g/mol. The SMILES string of the molecule is C=CC(=C)[C@H](O)[C@@H](C)c1ccccc1. The second kappa shape index (κ2) is 4.77. The van der Waals surface area contributed by atoms with Gasteiger partial charge in [0.1, 0.15) is 0 Å². The maximum Gasteiger partial charge on any atom is 0.0849 e. The lowest BCUT2D eigenvalue weighted by molar-refractivity contribution is 0.189. The fraction of sp³-hybridized carbons (Fsp3) is 0.231. The van der Waals surface area contributed by atoms with Gasteiger partial charge in [0.25, 0.3) is 0 Å². The molecule has 1 aromatic rings. The summed E-state index contributed by atoms with van der Waals surface area (Å²) in [4.78, 5) is 0. The molecule has 0 radical (unpaired) electrons. The molecular formula is C13H16O. The Morgan fingerprint density at radius 1 is 1.36 bits per heavy atom. The Hall–Kier alpha value is -1.34. The summed E-state index contributed by atoms with van der Waals surface area (Å²) in [6.07, 6.45) is 1.05. The fourth-order valence-corrected chi connectivity index (χ4v) is 1.38. The standard InChI is InChI=1S/C13H16O/c1-4-10(2)13(14)11(3)12-8-6-5-7-9-12/h4-9,11,13-14H,1-2H2,3H3/t11-,13-/m0/s1. The second-order valence-electron chi connectivity index (χ2n) is 3.42. The van der Waals surface area contributed by atoms with E-state index in [4.69, 9.17) is 0 Å². The molecule has 0 amide bonds. The summed E-state index contributed by atoms with van der Waals surface area (Å²) in [5.74, 6) is 0.0571. The lowest BCUT2D eigenvalue weighted by atomic mass is 9.91. The molecule has 0 aliphatic carbocycles.